The van der Waals surface area contributed by atoms with Gasteiger partial charge in [0, 0.05) is 20.2 Å². The highest BCUT2D eigenvalue weighted by atomic mass is 16.5. The van der Waals surface area contributed by atoms with E-state index < -0.39 is 0 Å². The van der Waals surface area contributed by atoms with Gasteiger partial charge in [0.15, 0.2) is 5.76 Å². The monoisotopic (exact) mass is 327 g/mol. The first-order valence-electron chi connectivity index (χ1n) is 8.67. The van der Waals surface area contributed by atoms with Crippen LogP contribution in [0.25, 0.3) is 0 Å². The van der Waals surface area contributed by atoms with Crippen molar-refractivity contribution in [3.05, 3.63) is 59.5 Å². The summed E-state index contributed by atoms with van der Waals surface area (Å²) in [6.07, 6.45) is 4.47. The zero-order valence-electron chi connectivity index (χ0n) is 14.2. The van der Waals surface area contributed by atoms with E-state index in [1.54, 1.807) is 13.2 Å². The molecule has 2 heterocycles. The van der Waals surface area contributed by atoms with Crippen LogP contribution in [0.3, 0.4) is 0 Å². The Balaban J connectivity index is 1.55. The third kappa shape index (κ3) is 4.26. The predicted molar refractivity (Wildman–Crippen MR) is 92.8 cm³/mol. The summed E-state index contributed by atoms with van der Waals surface area (Å²) in [4.78, 5) is 14.6. The van der Waals surface area contributed by atoms with Crippen molar-refractivity contribution in [3.63, 3.8) is 0 Å². The predicted octanol–water partition coefficient (Wildman–Crippen LogP) is 3.91. The summed E-state index contributed by atoms with van der Waals surface area (Å²) in [5.74, 6) is 1.68. The molecule has 0 radical (unpaired) electrons. The minimum Gasteiger partial charge on any atom is -0.453 e. The minimum atomic E-state index is 0.00163. The molecular weight excluding hydrogens is 302 g/mol. The summed E-state index contributed by atoms with van der Waals surface area (Å²) >= 11 is 0. The summed E-state index contributed by atoms with van der Waals surface area (Å²) in [5.41, 5.74) is 1.37. The van der Waals surface area contributed by atoms with Gasteiger partial charge < -0.3 is 14.1 Å². The Bertz CT molecular complexity index is 650. The van der Waals surface area contributed by atoms with Crippen molar-refractivity contribution in [2.45, 2.75) is 32.3 Å². The van der Waals surface area contributed by atoms with Gasteiger partial charge >= 0.3 is 0 Å². The molecule has 4 nitrogen and oxygen atoms in total. The Morgan fingerprint density at radius 2 is 2.08 bits per heavy atom. The maximum absolute atomic E-state index is 12.6. The van der Waals surface area contributed by atoms with E-state index in [0.29, 0.717) is 24.0 Å². The third-order valence-electron chi connectivity index (χ3n) is 4.65. The molecule has 0 saturated carbocycles. The molecule has 1 fully saturated rings. The Hall–Kier alpha value is -2.07. The van der Waals surface area contributed by atoms with Crippen LogP contribution in [0, 0.1) is 5.92 Å². The van der Waals surface area contributed by atoms with E-state index in [1.165, 1.54) is 12.0 Å². The molecule has 2 aromatic rings. The summed E-state index contributed by atoms with van der Waals surface area (Å²) in [5, 5.41) is 0. The topological polar surface area (TPSA) is 42.7 Å². The molecule has 0 spiro atoms. The minimum absolute atomic E-state index is 0.00163. The van der Waals surface area contributed by atoms with E-state index >= 15 is 0 Å². The lowest BCUT2D eigenvalue weighted by Gasteiger charge is -2.32. The lowest BCUT2D eigenvalue weighted by Crippen LogP contribution is -2.39. The second kappa shape index (κ2) is 8.15. The quantitative estimate of drug-likeness (QED) is 0.808. The number of methoxy groups -OCH3 is 1. The van der Waals surface area contributed by atoms with Gasteiger partial charge in [-0.2, -0.15) is 0 Å². The highest BCUT2D eigenvalue weighted by molar-refractivity contribution is 5.91. The summed E-state index contributed by atoms with van der Waals surface area (Å²) in [6, 6.07) is 14.1. The average Bonchev–Trinajstić information content (AvgIpc) is 3.09. The number of likely N-dealkylation sites (tertiary alicyclic amines) is 1. The molecule has 1 aliphatic heterocycles. The fourth-order valence-electron chi connectivity index (χ4n) is 3.37. The van der Waals surface area contributed by atoms with Crippen LogP contribution in [0.1, 0.15) is 41.1 Å². The lowest BCUT2D eigenvalue weighted by molar-refractivity contribution is 0.0629. The van der Waals surface area contributed by atoms with Crippen LogP contribution in [0.4, 0.5) is 0 Å². The van der Waals surface area contributed by atoms with Crippen molar-refractivity contribution in [1.82, 2.24) is 4.90 Å². The number of benzene rings is 1. The molecule has 0 bridgehead atoms. The van der Waals surface area contributed by atoms with Crippen LogP contribution in [-0.4, -0.2) is 31.0 Å². The van der Waals surface area contributed by atoms with Crippen molar-refractivity contribution >= 4 is 5.91 Å². The van der Waals surface area contributed by atoms with E-state index in [-0.39, 0.29) is 5.91 Å². The number of hydrogen-bond acceptors (Lipinski definition) is 3. The van der Waals surface area contributed by atoms with Crippen molar-refractivity contribution in [3.8, 4) is 0 Å². The van der Waals surface area contributed by atoms with Crippen molar-refractivity contribution < 1.29 is 13.9 Å². The Kier molecular flexibility index (Phi) is 5.70. The average molecular weight is 327 g/mol. The van der Waals surface area contributed by atoms with Crippen molar-refractivity contribution in [1.29, 1.82) is 0 Å². The number of carbonyl (C=O) groups excluding carboxylic acids is 1. The molecule has 0 N–H and O–H groups in total. The van der Waals surface area contributed by atoms with Gasteiger partial charge in [0.05, 0.1) is 0 Å². The van der Waals surface area contributed by atoms with Gasteiger partial charge in [-0.1, -0.05) is 30.3 Å². The zero-order chi connectivity index (χ0) is 16.8. The highest BCUT2D eigenvalue weighted by Gasteiger charge is 2.26. The van der Waals surface area contributed by atoms with Crippen LogP contribution in [0.15, 0.2) is 46.9 Å². The normalized spacial score (nSPS) is 17.9. The highest BCUT2D eigenvalue weighted by Crippen LogP contribution is 2.23. The Morgan fingerprint density at radius 3 is 2.88 bits per heavy atom. The van der Waals surface area contributed by atoms with Gasteiger partial charge in [-0.15, -0.1) is 0 Å². The summed E-state index contributed by atoms with van der Waals surface area (Å²) in [7, 11) is 1.62. The maximum Gasteiger partial charge on any atom is 0.289 e. The molecule has 1 atom stereocenters. The molecule has 0 aliphatic carbocycles. The first-order valence-corrected chi connectivity index (χ1v) is 8.67. The van der Waals surface area contributed by atoms with Crippen molar-refractivity contribution in [2.24, 2.45) is 5.92 Å². The van der Waals surface area contributed by atoms with Gasteiger partial charge in [0.1, 0.15) is 12.4 Å². The van der Waals surface area contributed by atoms with E-state index in [4.69, 9.17) is 9.15 Å². The van der Waals surface area contributed by atoms with Crippen LogP contribution in [0.5, 0.6) is 0 Å². The molecule has 1 aliphatic rings. The Labute approximate surface area is 143 Å². The van der Waals surface area contributed by atoms with Gasteiger partial charge in [0.2, 0.25) is 0 Å². The van der Waals surface area contributed by atoms with Crippen LogP contribution < -0.4 is 0 Å². The first kappa shape index (κ1) is 16.8. The molecular formula is C20H25NO3. The molecule has 3 rings (SSSR count). The molecule has 1 aromatic carbocycles. The first-order chi connectivity index (χ1) is 11.8. The number of piperidine rings is 1. The SMILES string of the molecule is COCc1ccc(C(=O)N2CCCC(CCc3ccccc3)C2)o1. The van der Waals surface area contributed by atoms with Crippen LogP contribution >= 0.6 is 0 Å². The van der Waals surface area contributed by atoms with E-state index in [1.807, 2.05) is 17.0 Å². The number of amides is 1. The van der Waals surface area contributed by atoms with Gasteiger partial charge in [-0.3, -0.25) is 4.79 Å². The second-order valence-corrected chi connectivity index (χ2v) is 6.48. The lowest BCUT2D eigenvalue weighted by atomic mass is 9.91. The second-order valence-electron chi connectivity index (χ2n) is 6.48. The third-order valence-corrected chi connectivity index (χ3v) is 4.65. The molecule has 128 valence electrons. The van der Waals surface area contributed by atoms with Gasteiger partial charge in [0.25, 0.3) is 5.91 Å². The van der Waals surface area contributed by atoms with E-state index in [0.717, 1.165) is 32.4 Å². The number of furan rings is 1. The van der Waals surface area contributed by atoms with Gasteiger partial charge in [-0.05, 0) is 49.3 Å². The fraction of sp³-hybridized carbons (Fsp3) is 0.450. The number of hydrogen-bond donors (Lipinski definition) is 0. The molecule has 4 heteroatoms. The van der Waals surface area contributed by atoms with Crippen molar-refractivity contribution in [2.75, 3.05) is 20.2 Å². The largest absolute Gasteiger partial charge is 0.453 e. The molecule has 1 unspecified atom stereocenters. The summed E-state index contributed by atoms with van der Waals surface area (Å²) < 4.78 is 10.6. The number of carbonyl (C=O) groups is 1. The van der Waals surface area contributed by atoms with Gasteiger partial charge in [-0.25, -0.2) is 0 Å². The molecule has 1 saturated heterocycles. The van der Waals surface area contributed by atoms with E-state index in [2.05, 4.69) is 24.3 Å². The number of aryl methyl sites for hydroxylation is 1. The smallest absolute Gasteiger partial charge is 0.289 e. The van der Waals surface area contributed by atoms with Crippen LogP contribution in [-0.2, 0) is 17.8 Å². The van der Waals surface area contributed by atoms with Crippen LogP contribution in [0.2, 0.25) is 0 Å². The molecule has 24 heavy (non-hydrogen) atoms. The standard InChI is InChI=1S/C20H25NO3/c1-23-15-18-11-12-19(24-18)20(22)21-13-5-8-17(14-21)10-9-16-6-3-2-4-7-16/h2-4,6-7,11-12,17H,5,8-10,13-15H2,1H3. The fourth-order valence-corrected chi connectivity index (χ4v) is 3.37. The van der Waals surface area contributed by atoms with E-state index in [9.17, 15) is 4.79 Å². The summed E-state index contributed by atoms with van der Waals surface area (Å²) in [6.45, 7) is 2.04. The number of nitrogens with zero attached hydrogens (tertiary/aromatic N) is 1. The zero-order valence-corrected chi connectivity index (χ0v) is 14.2. The molecule has 1 amide bonds. The Morgan fingerprint density at radius 1 is 1.25 bits per heavy atom. The maximum atomic E-state index is 12.6. The number of rotatable bonds is 6. The number of ether oxygens (including phenoxy) is 1. The molecule has 1 aromatic heterocycles.